The van der Waals surface area contributed by atoms with Gasteiger partial charge in [0, 0.05) is 12.3 Å². The summed E-state index contributed by atoms with van der Waals surface area (Å²) in [6.07, 6.45) is 6.13. The minimum absolute atomic E-state index is 0.160. The van der Waals surface area contributed by atoms with Gasteiger partial charge in [-0.25, -0.2) is 0 Å². The Morgan fingerprint density at radius 2 is 2.44 bits per heavy atom. The Morgan fingerprint density at radius 1 is 1.89 bits per heavy atom. The molecular formula is C7H9ClO. The normalized spacial score (nSPS) is 12.1. The third kappa shape index (κ3) is 5.39. The molecule has 0 aliphatic carbocycles. The molecule has 2 heteroatoms. The number of halogens is 1. The first-order chi connectivity index (χ1) is 4.16. The minimum atomic E-state index is -0.308. The lowest BCUT2D eigenvalue weighted by atomic mass is 10.1. The molecule has 0 saturated heterocycles. The van der Waals surface area contributed by atoms with Crippen LogP contribution in [0.3, 0.4) is 0 Å². The maximum Gasteiger partial charge on any atom is 0.221 e. The van der Waals surface area contributed by atoms with Crippen LogP contribution in [0.5, 0.6) is 0 Å². The molecule has 0 radical (unpaired) electrons. The van der Waals surface area contributed by atoms with Gasteiger partial charge in [-0.05, 0) is 18.0 Å². The Labute approximate surface area is 60.4 Å². The molecule has 0 aliphatic heterocycles. The van der Waals surface area contributed by atoms with Gasteiger partial charge in [-0.3, -0.25) is 4.79 Å². The second-order valence-electron chi connectivity index (χ2n) is 1.96. The summed E-state index contributed by atoms with van der Waals surface area (Å²) in [5.74, 6) is 2.67. The molecule has 0 fully saturated rings. The molecule has 0 spiro atoms. The molecule has 0 rings (SSSR count). The Bertz CT molecular complexity index is 134. The number of hydrogen-bond acceptors (Lipinski definition) is 1. The van der Waals surface area contributed by atoms with Gasteiger partial charge in [0.25, 0.3) is 0 Å². The zero-order valence-corrected chi connectivity index (χ0v) is 6.11. The van der Waals surface area contributed by atoms with Crippen molar-refractivity contribution in [1.82, 2.24) is 0 Å². The van der Waals surface area contributed by atoms with Crippen molar-refractivity contribution in [1.29, 1.82) is 0 Å². The molecule has 0 aromatic carbocycles. The van der Waals surface area contributed by atoms with Crippen molar-refractivity contribution in [2.24, 2.45) is 5.92 Å². The average molecular weight is 145 g/mol. The third-order valence-corrected chi connectivity index (χ3v) is 1.25. The van der Waals surface area contributed by atoms with Crippen molar-refractivity contribution in [3.63, 3.8) is 0 Å². The molecule has 1 unspecified atom stereocenters. The van der Waals surface area contributed by atoms with Crippen molar-refractivity contribution in [3.8, 4) is 12.3 Å². The topological polar surface area (TPSA) is 17.1 Å². The van der Waals surface area contributed by atoms with Gasteiger partial charge in [-0.15, -0.1) is 12.3 Å². The monoisotopic (exact) mass is 144 g/mol. The molecule has 0 N–H and O–H groups in total. The van der Waals surface area contributed by atoms with E-state index in [-0.39, 0.29) is 11.2 Å². The summed E-state index contributed by atoms with van der Waals surface area (Å²) in [6.45, 7) is 1.89. The molecule has 0 aromatic rings. The van der Waals surface area contributed by atoms with E-state index in [1.165, 1.54) is 0 Å². The maximum absolute atomic E-state index is 10.2. The van der Waals surface area contributed by atoms with Crippen molar-refractivity contribution in [3.05, 3.63) is 0 Å². The first kappa shape index (κ1) is 8.52. The zero-order valence-electron chi connectivity index (χ0n) is 5.36. The van der Waals surface area contributed by atoms with Crippen LogP contribution in [0, 0.1) is 18.3 Å². The van der Waals surface area contributed by atoms with Gasteiger partial charge in [0.1, 0.15) is 0 Å². The van der Waals surface area contributed by atoms with E-state index in [0.717, 1.165) is 0 Å². The van der Waals surface area contributed by atoms with Crippen LogP contribution in [0.2, 0.25) is 0 Å². The molecular weight excluding hydrogens is 136 g/mol. The van der Waals surface area contributed by atoms with E-state index in [2.05, 4.69) is 5.92 Å². The van der Waals surface area contributed by atoms with Crippen LogP contribution in [0.4, 0.5) is 0 Å². The van der Waals surface area contributed by atoms with Crippen LogP contribution in [-0.2, 0) is 4.79 Å². The lowest BCUT2D eigenvalue weighted by molar-refractivity contribution is -0.111. The molecule has 0 amide bonds. The fourth-order valence-electron chi connectivity index (χ4n) is 0.413. The van der Waals surface area contributed by atoms with E-state index in [1.54, 1.807) is 0 Å². The van der Waals surface area contributed by atoms with Gasteiger partial charge < -0.3 is 0 Å². The fraction of sp³-hybridized carbons (Fsp3) is 0.571. The van der Waals surface area contributed by atoms with Gasteiger partial charge in [0.05, 0.1) is 0 Å². The highest BCUT2D eigenvalue weighted by Gasteiger charge is 1.99. The third-order valence-electron chi connectivity index (χ3n) is 1.06. The predicted molar refractivity (Wildman–Crippen MR) is 38.1 cm³/mol. The van der Waals surface area contributed by atoms with E-state index in [0.29, 0.717) is 12.8 Å². The first-order valence-corrected chi connectivity index (χ1v) is 3.19. The SMILES string of the molecule is C#CC(C)CCC(=O)Cl. The molecule has 1 nitrogen and oxygen atoms in total. The summed E-state index contributed by atoms with van der Waals surface area (Å²) in [7, 11) is 0. The van der Waals surface area contributed by atoms with E-state index in [4.69, 9.17) is 18.0 Å². The van der Waals surface area contributed by atoms with Gasteiger partial charge in [-0.1, -0.05) is 6.92 Å². The highest BCUT2D eigenvalue weighted by molar-refractivity contribution is 6.63. The smallest absolute Gasteiger partial charge is 0.221 e. The Hall–Kier alpha value is -0.480. The summed E-state index contributed by atoms with van der Waals surface area (Å²) >= 11 is 5.07. The summed E-state index contributed by atoms with van der Waals surface area (Å²) in [5, 5.41) is -0.308. The molecule has 50 valence electrons. The van der Waals surface area contributed by atoms with E-state index in [1.807, 2.05) is 6.92 Å². The second-order valence-corrected chi connectivity index (χ2v) is 2.38. The summed E-state index contributed by atoms with van der Waals surface area (Å²) in [4.78, 5) is 10.2. The quantitative estimate of drug-likeness (QED) is 0.436. The predicted octanol–water partition coefficient (Wildman–Crippen LogP) is 1.80. The average Bonchev–Trinajstić information content (AvgIpc) is 1.83. The summed E-state index contributed by atoms with van der Waals surface area (Å²) in [6, 6.07) is 0. The lowest BCUT2D eigenvalue weighted by Gasteiger charge is -1.97. The van der Waals surface area contributed by atoms with Crippen molar-refractivity contribution in [2.45, 2.75) is 19.8 Å². The summed E-state index contributed by atoms with van der Waals surface area (Å²) in [5.41, 5.74) is 0. The van der Waals surface area contributed by atoms with E-state index < -0.39 is 0 Å². The molecule has 0 aliphatic rings. The van der Waals surface area contributed by atoms with Crippen LogP contribution < -0.4 is 0 Å². The zero-order chi connectivity index (χ0) is 7.28. The highest BCUT2D eigenvalue weighted by Crippen LogP contribution is 2.04. The van der Waals surface area contributed by atoms with Crippen molar-refractivity contribution >= 4 is 16.8 Å². The number of carbonyl (C=O) groups is 1. The van der Waals surface area contributed by atoms with Gasteiger partial charge in [0.2, 0.25) is 5.24 Å². The van der Waals surface area contributed by atoms with Gasteiger partial charge >= 0.3 is 0 Å². The fourth-order valence-corrected chi connectivity index (χ4v) is 0.522. The van der Waals surface area contributed by atoms with Crippen molar-refractivity contribution in [2.75, 3.05) is 0 Å². The maximum atomic E-state index is 10.2. The van der Waals surface area contributed by atoms with Crippen molar-refractivity contribution < 1.29 is 4.79 Å². The molecule has 0 saturated carbocycles. The molecule has 0 bridgehead atoms. The molecule has 0 aromatic heterocycles. The largest absolute Gasteiger partial charge is 0.281 e. The highest BCUT2D eigenvalue weighted by atomic mass is 35.5. The number of terminal acetylenes is 1. The molecule has 9 heavy (non-hydrogen) atoms. The van der Waals surface area contributed by atoms with E-state index in [9.17, 15) is 4.79 Å². The molecule has 1 atom stereocenters. The van der Waals surface area contributed by atoms with Crippen LogP contribution >= 0.6 is 11.6 Å². The summed E-state index contributed by atoms with van der Waals surface area (Å²) < 4.78 is 0. The van der Waals surface area contributed by atoms with Gasteiger partial charge in [0.15, 0.2) is 0 Å². The number of carbonyl (C=O) groups excluding carboxylic acids is 1. The Kier molecular flexibility index (Phi) is 4.17. The minimum Gasteiger partial charge on any atom is -0.281 e. The molecule has 0 heterocycles. The number of rotatable bonds is 3. The number of hydrogen-bond donors (Lipinski definition) is 0. The Balaban J connectivity index is 3.30. The standard InChI is InChI=1S/C7H9ClO/c1-3-6(2)4-5-7(8)9/h1,6H,4-5H2,2H3. The van der Waals surface area contributed by atoms with E-state index >= 15 is 0 Å². The van der Waals surface area contributed by atoms with Gasteiger partial charge in [-0.2, -0.15) is 0 Å². The van der Waals surface area contributed by atoms with Crippen LogP contribution in [0.15, 0.2) is 0 Å². The van der Waals surface area contributed by atoms with Crippen LogP contribution in [-0.4, -0.2) is 5.24 Å². The first-order valence-electron chi connectivity index (χ1n) is 2.81. The van der Waals surface area contributed by atoms with Crippen LogP contribution in [0.1, 0.15) is 19.8 Å². The van der Waals surface area contributed by atoms with Crippen LogP contribution in [0.25, 0.3) is 0 Å². The lowest BCUT2D eigenvalue weighted by Crippen LogP contribution is -1.93. The second kappa shape index (κ2) is 4.40. The Morgan fingerprint density at radius 3 is 2.78 bits per heavy atom.